The second kappa shape index (κ2) is 5.97. The summed E-state index contributed by atoms with van der Waals surface area (Å²) in [5.41, 5.74) is 0. The van der Waals surface area contributed by atoms with Crippen LogP contribution in [0.25, 0.3) is 0 Å². The summed E-state index contributed by atoms with van der Waals surface area (Å²) in [6.07, 6.45) is 6.62. The summed E-state index contributed by atoms with van der Waals surface area (Å²) >= 11 is 0. The average molecular weight is 185 g/mol. The Balaban J connectivity index is 2.13. The summed E-state index contributed by atoms with van der Waals surface area (Å²) in [5.74, 6) is 0.792. The van der Waals surface area contributed by atoms with Crippen LogP contribution >= 0.6 is 0 Å². The Bertz CT molecular complexity index is 153. The first-order valence-corrected chi connectivity index (χ1v) is 5.16. The van der Waals surface area contributed by atoms with Gasteiger partial charge in [0.1, 0.15) is 0 Å². The molecule has 0 aromatic rings. The number of ether oxygens (including phenoxy) is 1. The van der Waals surface area contributed by atoms with Crippen LogP contribution in [0.4, 0.5) is 0 Å². The standard InChI is InChI=1S/C10H19NO2/c11-10(13-8-4-7-12)9-5-2-1-3-6-9/h9,11-12H,1-8H2. The molecule has 13 heavy (non-hydrogen) atoms. The van der Waals surface area contributed by atoms with Crippen molar-refractivity contribution in [2.75, 3.05) is 13.2 Å². The van der Waals surface area contributed by atoms with Crippen LogP contribution in [0.2, 0.25) is 0 Å². The van der Waals surface area contributed by atoms with Crippen LogP contribution in [0.5, 0.6) is 0 Å². The van der Waals surface area contributed by atoms with Crippen molar-refractivity contribution in [2.45, 2.75) is 38.5 Å². The molecule has 0 aromatic carbocycles. The predicted octanol–water partition coefficient (Wildman–Crippen LogP) is 1.94. The molecule has 0 amide bonds. The van der Waals surface area contributed by atoms with Crippen molar-refractivity contribution in [3.8, 4) is 0 Å². The molecular formula is C10H19NO2. The van der Waals surface area contributed by atoms with Crippen molar-refractivity contribution < 1.29 is 9.84 Å². The van der Waals surface area contributed by atoms with Gasteiger partial charge in [-0.15, -0.1) is 0 Å². The van der Waals surface area contributed by atoms with E-state index in [9.17, 15) is 0 Å². The van der Waals surface area contributed by atoms with Gasteiger partial charge in [0.25, 0.3) is 0 Å². The molecule has 2 N–H and O–H groups in total. The maximum Gasteiger partial charge on any atom is 0.183 e. The quantitative estimate of drug-likeness (QED) is 0.399. The van der Waals surface area contributed by atoms with Gasteiger partial charge in [0.05, 0.1) is 6.61 Å². The summed E-state index contributed by atoms with van der Waals surface area (Å²) in [7, 11) is 0. The summed E-state index contributed by atoms with van der Waals surface area (Å²) in [6, 6.07) is 0. The maximum atomic E-state index is 8.54. The topological polar surface area (TPSA) is 53.3 Å². The van der Waals surface area contributed by atoms with Gasteiger partial charge < -0.3 is 9.84 Å². The largest absolute Gasteiger partial charge is 0.481 e. The number of aliphatic hydroxyl groups is 1. The number of hydrogen-bond acceptors (Lipinski definition) is 3. The maximum absolute atomic E-state index is 8.54. The van der Waals surface area contributed by atoms with Crippen LogP contribution in [0.3, 0.4) is 0 Å². The van der Waals surface area contributed by atoms with Crippen molar-refractivity contribution in [3.63, 3.8) is 0 Å². The van der Waals surface area contributed by atoms with E-state index in [1.54, 1.807) is 0 Å². The first-order valence-electron chi connectivity index (χ1n) is 5.16. The van der Waals surface area contributed by atoms with E-state index in [1.165, 1.54) is 19.3 Å². The zero-order valence-corrected chi connectivity index (χ0v) is 8.09. The Morgan fingerprint density at radius 2 is 2.00 bits per heavy atom. The Hall–Kier alpha value is -0.570. The van der Waals surface area contributed by atoms with Crippen LogP contribution in [0.15, 0.2) is 0 Å². The predicted molar refractivity (Wildman–Crippen MR) is 52.0 cm³/mol. The molecule has 1 rings (SSSR count). The van der Waals surface area contributed by atoms with Crippen molar-refractivity contribution in [1.29, 1.82) is 5.41 Å². The molecule has 0 aromatic heterocycles. The lowest BCUT2D eigenvalue weighted by atomic mass is 9.89. The fourth-order valence-corrected chi connectivity index (χ4v) is 1.73. The molecule has 3 nitrogen and oxygen atoms in total. The number of aliphatic hydroxyl groups excluding tert-OH is 1. The van der Waals surface area contributed by atoms with Crippen LogP contribution < -0.4 is 0 Å². The number of hydrogen-bond donors (Lipinski definition) is 2. The molecule has 0 unspecified atom stereocenters. The molecule has 76 valence electrons. The van der Waals surface area contributed by atoms with Gasteiger partial charge in [-0.25, -0.2) is 0 Å². The van der Waals surface area contributed by atoms with E-state index >= 15 is 0 Å². The second-order valence-electron chi connectivity index (χ2n) is 3.62. The van der Waals surface area contributed by atoms with Crippen LogP contribution in [-0.2, 0) is 4.74 Å². The Labute approximate surface area is 79.6 Å². The highest BCUT2D eigenvalue weighted by Crippen LogP contribution is 2.24. The van der Waals surface area contributed by atoms with Crippen LogP contribution in [-0.4, -0.2) is 24.2 Å². The minimum atomic E-state index is 0.151. The highest BCUT2D eigenvalue weighted by molar-refractivity contribution is 5.75. The number of nitrogens with one attached hydrogen (secondary N) is 1. The van der Waals surface area contributed by atoms with E-state index in [0.29, 0.717) is 24.8 Å². The Morgan fingerprint density at radius 1 is 1.31 bits per heavy atom. The van der Waals surface area contributed by atoms with Gasteiger partial charge >= 0.3 is 0 Å². The fourth-order valence-electron chi connectivity index (χ4n) is 1.73. The first-order chi connectivity index (χ1) is 6.34. The minimum Gasteiger partial charge on any atom is -0.481 e. The Morgan fingerprint density at radius 3 is 2.62 bits per heavy atom. The van der Waals surface area contributed by atoms with Gasteiger partial charge in [0.15, 0.2) is 5.90 Å². The minimum absolute atomic E-state index is 0.151. The smallest absolute Gasteiger partial charge is 0.183 e. The molecule has 0 spiro atoms. The second-order valence-corrected chi connectivity index (χ2v) is 3.62. The zero-order valence-electron chi connectivity index (χ0n) is 8.09. The lowest BCUT2D eigenvalue weighted by molar-refractivity contribution is 0.211. The highest BCUT2D eigenvalue weighted by atomic mass is 16.5. The third-order valence-corrected chi connectivity index (χ3v) is 2.54. The van der Waals surface area contributed by atoms with Gasteiger partial charge in [-0.05, 0) is 12.8 Å². The molecule has 1 aliphatic rings. The molecule has 0 heterocycles. The molecule has 0 saturated heterocycles. The van der Waals surface area contributed by atoms with Gasteiger partial charge in [-0.2, -0.15) is 0 Å². The molecule has 0 radical (unpaired) electrons. The third kappa shape index (κ3) is 3.77. The molecule has 0 aliphatic heterocycles. The molecule has 1 fully saturated rings. The summed E-state index contributed by atoms with van der Waals surface area (Å²) < 4.78 is 5.25. The lowest BCUT2D eigenvalue weighted by Crippen LogP contribution is -2.20. The fraction of sp³-hybridized carbons (Fsp3) is 0.900. The molecule has 3 heteroatoms. The van der Waals surface area contributed by atoms with E-state index in [2.05, 4.69) is 0 Å². The zero-order chi connectivity index (χ0) is 9.52. The summed E-state index contributed by atoms with van der Waals surface area (Å²) in [5, 5.41) is 16.2. The average Bonchev–Trinajstić information content (AvgIpc) is 2.19. The SMILES string of the molecule is N=C(OCCCO)C1CCCCC1. The third-order valence-electron chi connectivity index (χ3n) is 2.54. The van der Waals surface area contributed by atoms with E-state index < -0.39 is 0 Å². The van der Waals surface area contributed by atoms with E-state index in [0.717, 1.165) is 12.8 Å². The van der Waals surface area contributed by atoms with E-state index in [4.69, 9.17) is 15.3 Å². The molecule has 1 saturated carbocycles. The van der Waals surface area contributed by atoms with Crippen molar-refractivity contribution in [2.24, 2.45) is 5.92 Å². The Kier molecular flexibility index (Phi) is 4.83. The number of rotatable bonds is 4. The summed E-state index contributed by atoms with van der Waals surface area (Å²) in [6.45, 7) is 0.643. The van der Waals surface area contributed by atoms with Crippen LogP contribution in [0, 0.1) is 11.3 Å². The van der Waals surface area contributed by atoms with Gasteiger partial charge in [-0.3, -0.25) is 5.41 Å². The van der Waals surface area contributed by atoms with Crippen molar-refractivity contribution in [1.82, 2.24) is 0 Å². The normalized spacial score (nSPS) is 18.5. The van der Waals surface area contributed by atoms with Crippen molar-refractivity contribution >= 4 is 5.90 Å². The molecular weight excluding hydrogens is 166 g/mol. The first kappa shape index (κ1) is 10.5. The summed E-state index contributed by atoms with van der Waals surface area (Å²) in [4.78, 5) is 0. The molecule has 0 bridgehead atoms. The lowest BCUT2D eigenvalue weighted by Gasteiger charge is -2.21. The van der Waals surface area contributed by atoms with Gasteiger partial charge in [-0.1, -0.05) is 19.3 Å². The van der Waals surface area contributed by atoms with Crippen LogP contribution in [0.1, 0.15) is 38.5 Å². The van der Waals surface area contributed by atoms with Gasteiger partial charge in [0.2, 0.25) is 0 Å². The van der Waals surface area contributed by atoms with Gasteiger partial charge in [0, 0.05) is 18.9 Å². The van der Waals surface area contributed by atoms with E-state index in [1.807, 2.05) is 0 Å². The molecule has 1 aliphatic carbocycles. The van der Waals surface area contributed by atoms with E-state index in [-0.39, 0.29) is 6.61 Å². The van der Waals surface area contributed by atoms with Crippen molar-refractivity contribution in [3.05, 3.63) is 0 Å². The highest BCUT2D eigenvalue weighted by Gasteiger charge is 2.18. The molecule has 0 atom stereocenters. The monoisotopic (exact) mass is 185 g/mol.